The van der Waals surface area contributed by atoms with Crippen molar-refractivity contribution >= 4 is 34.4 Å². The van der Waals surface area contributed by atoms with Gasteiger partial charge in [0.25, 0.3) is 5.22 Å². The molecule has 0 aliphatic carbocycles. The predicted molar refractivity (Wildman–Crippen MR) is 93.3 cm³/mol. The zero-order chi connectivity index (χ0) is 16.4. The molecule has 0 saturated carbocycles. The van der Waals surface area contributed by atoms with Crippen LogP contribution < -0.4 is 0 Å². The lowest BCUT2D eigenvalue weighted by molar-refractivity contribution is 0.419. The van der Waals surface area contributed by atoms with Crippen molar-refractivity contribution in [1.29, 1.82) is 0 Å². The van der Waals surface area contributed by atoms with E-state index in [1.165, 1.54) is 11.8 Å². The summed E-state index contributed by atoms with van der Waals surface area (Å²) >= 11 is 4.66. The fraction of sp³-hybridized carbons (Fsp3) is 0.200. The largest absolute Gasteiger partial charge is 0.444 e. The number of oxazole rings is 1. The van der Waals surface area contributed by atoms with Gasteiger partial charge in [0.1, 0.15) is 6.26 Å². The second-order valence-electron chi connectivity index (χ2n) is 4.91. The van der Waals surface area contributed by atoms with Gasteiger partial charge in [-0.3, -0.25) is 0 Å². The Morgan fingerprint density at radius 1 is 1.17 bits per heavy atom. The van der Waals surface area contributed by atoms with Gasteiger partial charge in [-0.1, -0.05) is 17.8 Å². The fourth-order valence-electron chi connectivity index (χ4n) is 2.03. The van der Waals surface area contributed by atoms with Crippen molar-refractivity contribution in [3.8, 4) is 10.8 Å². The smallest absolute Gasteiger partial charge is 0.276 e. The third kappa shape index (κ3) is 3.58. The van der Waals surface area contributed by atoms with Gasteiger partial charge in [-0.2, -0.15) is 0 Å². The van der Waals surface area contributed by atoms with Gasteiger partial charge < -0.3 is 8.83 Å². The molecule has 24 heavy (non-hydrogen) atoms. The first-order valence-corrected chi connectivity index (χ1v) is 9.85. The molecule has 0 aliphatic rings. The van der Waals surface area contributed by atoms with Gasteiger partial charge in [0.2, 0.25) is 11.8 Å². The molecule has 0 atom stereocenters. The molecular weight excluding hydrogens is 364 g/mol. The molecule has 0 aliphatic heterocycles. The summed E-state index contributed by atoms with van der Waals surface area (Å²) in [4.78, 5) is 9.89. The van der Waals surface area contributed by atoms with Gasteiger partial charge in [0.05, 0.1) is 27.7 Å². The molecule has 9 heteroatoms. The Morgan fingerprint density at radius 2 is 2.12 bits per heavy atom. The third-order valence-electron chi connectivity index (χ3n) is 3.07. The summed E-state index contributed by atoms with van der Waals surface area (Å²) in [5.74, 6) is 1.83. The van der Waals surface area contributed by atoms with Gasteiger partial charge in [-0.25, -0.2) is 9.97 Å². The Labute approximate surface area is 150 Å². The maximum Gasteiger partial charge on any atom is 0.276 e. The standard InChI is InChI=1S/C15H12N4O2S3/c1-9-16-10(7-23-9)5-13-18-19-15(21-13)24-8-11-6-20-14(17-11)12-3-2-4-22-12/h2-4,6-7H,5,8H2,1H3. The summed E-state index contributed by atoms with van der Waals surface area (Å²) in [6, 6.07) is 3.96. The lowest BCUT2D eigenvalue weighted by atomic mass is 10.3. The van der Waals surface area contributed by atoms with E-state index in [9.17, 15) is 0 Å². The SMILES string of the molecule is Cc1nc(Cc2nnc(SCc3coc(-c4cccs4)n3)o2)cs1. The van der Waals surface area contributed by atoms with Gasteiger partial charge in [0.15, 0.2) is 0 Å². The molecule has 0 saturated heterocycles. The van der Waals surface area contributed by atoms with Crippen LogP contribution in [-0.2, 0) is 12.2 Å². The van der Waals surface area contributed by atoms with Crippen molar-refractivity contribution in [2.75, 3.05) is 0 Å². The van der Waals surface area contributed by atoms with Crippen molar-refractivity contribution < 1.29 is 8.83 Å². The molecule has 0 unspecified atom stereocenters. The Kier molecular flexibility index (Phi) is 4.46. The number of thiophene rings is 1. The number of aromatic nitrogens is 4. The second-order valence-corrected chi connectivity index (χ2v) is 7.84. The van der Waals surface area contributed by atoms with Crippen molar-refractivity contribution in [3.05, 3.63) is 51.4 Å². The van der Waals surface area contributed by atoms with Crippen LogP contribution in [0.15, 0.2) is 43.2 Å². The first kappa shape index (κ1) is 15.6. The lowest BCUT2D eigenvalue weighted by Crippen LogP contribution is -1.88. The van der Waals surface area contributed by atoms with Crippen molar-refractivity contribution in [2.24, 2.45) is 0 Å². The van der Waals surface area contributed by atoms with Crippen LogP contribution in [0.5, 0.6) is 0 Å². The van der Waals surface area contributed by atoms with Crippen LogP contribution in [-0.4, -0.2) is 20.2 Å². The Hall–Kier alpha value is -1.97. The Balaban J connectivity index is 1.36. The minimum Gasteiger partial charge on any atom is -0.444 e. The first-order valence-electron chi connectivity index (χ1n) is 7.11. The first-order chi connectivity index (χ1) is 11.8. The molecule has 0 N–H and O–H groups in total. The molecule has 122 valence electrons. The number of thiazole rings is 1. The Morgan fingerprint density at radius 3 is 2.92 bits per heavy atom. The molecule has 0 spiro atoms. The molecule has 4 aromatic rings. The van der Waals surface area contributed by atoms with Crippen LogP contribution in [0, 0.1) is 6.92 Å². The van der Waals surface area contributed by atoms with Gasteiger partial charge >= 0.3 is 0 Å². The summed E-state index contributed by atoms with van der Waals surface area (Å²) < 4.78 is 11.1. The van der Waals surface area contributed by atoms with Crippen LogP contribution in [0.3, 0.4) is 0 Å². The summed E-state index contributed by atoms with van der Waals surface area (Å²) in [5.41, 5.74) is 1.80. The average molecular weight is 376 g/mol. The van der Waals surface area contributed by atoms with Crippen molar-refractivity contribution in [1.82, 2.24) is 20.2 Å². The summed E-state index contributed by atoms with van der Waals surface area (Å²) in [5, 5.41) is 13.7. The summed E-state index contributed by atoms with van der Waals surface area (Å²) in [6.45, 7) is 1.98. The predicted octanol–water partition coefficient (Wildman–Crippen LogP) is 4.43. The van der Waals surface area contributed by atoms with Gasteiger partial charge in [-0.15, -0.1) is 32.9 Å². The minimum absolute atomic E-state index is 0.526. The van der Waals surface area contributed by atoms with Crippen LogP contribution in [0.25, 0.3) is 10.8 Å². The number of aryl methyl sites for hydroxylation is 1. The van der Waals surface area contributed by atoms with Crippen LogP contribution in [0.4, 0.5) is 0 Å². The molecule has 4 aromatic heterocycles. The zero-order valence-electron chi connectivity index (χ0n) is 12.6. The number of nitrogens with zero attached hydrogens (tertiary/aromatic N) is 4. The number of hydrogen-bond acceptors (Lipinski definition) is 9. The van der Waals surface area contributed by atoms with Gasteiger partial charge in [0, 0.05) is 11.1 Å². The molecule has 0 radical (unpaired) electrons. The number of thioether (sulfide) groups is 1. The Bertz CT molecular complexity index is 926. The minimum atomic E-state index is 0.526. The number of hydrogen-bond donors (Lipinski definition) is 0. The van der Waals surface area contributed by atoms with Gasteiger partial charge in [-0.05, 0) is 18.4 Å². The van der Waals surface area contributed by atoms with E-state index in [0.29, 0.717) is 29.2 Å². The zero-order valence-corrected chi connectivity index (χ0v) is 15.1. The topological polar surface area (TPSA) is 77.8 Å². The normalized spacial score (nSPS) is 11.2. The lowest BCUT2D eigenvalue weighted by Gasteiger charge is -1.91. The van der Waals surface area contributed by atoms with Crippen LogP contribution >= 0.6 is 34.4 Å². The highest BCUT2D eigenvalue weighted by Gasteiger charge is 2.12. The molecule has 6 nitrogen and oxygen atoms in total. The van der Waals surface area contributed by atoms with Crippen molar-refractivity contribution in [2.45, 2.75) is 24.3 Å². The molecule has 4 heterocycles. The van der Waals surface area contributed by atoms with E-state index in [1.54, 1.807) is 28.9 Å². The number of rotatable bonds is 6. The molecular formula is C15H12N4O2S3. The van der Waals surface area contributed by atoms with Crippen molar-refractivity contribution in [3.63, 3.8) is 0 Å². The van der Waals surface area contributed by atoms with E-state index in [2.05, 4.69) is 20.2 Å². The molecule has 0 amide bonds. The summed E-state index contributed by atoms with van der Waals surface area (Å²) in [7, 11) is 0. The highest BCUT2D eigenvalue weighted by Crippen LogP contribution is 2.27. The highest BCUT2D eigenvalue weighted by molar-refractivity contribution is 7.98. The van der Waals surface area contributed by atoms with Crippen LogP contribution in [0.2, 0.25) is 0 Å². The highest BCUT2D eigenvalue weighted by atomic mass is 32.2. The summed E-state index contributed by atoms with van der Waals surface area (Å²) in [6.07, 6.45) is 2.22. The fourth-order valence-corrected chi connectivity index (χ4v) is 3.96. The molecule has 0 aromatic carbocycles. The maximum absolute atomic E-state index is 5.65. The van der Waals surface area contributed by atoms with E-state index in [-0.39, 0.29) is 0 Å². The molecule has 4 rings (SSSR count). The van der Waals surface area contributed by atoms with E-state index >= 15 is 0 Å². The van der Waals surface area contributed by atoms with E-state index < -0.39 is 0 Å². The monoisotopic (exact) mass is 376 g/mol. The molecule has 0 bridgehead atoms. The maximum atomic E-state index is 5.65. The van der Waals surface area contributed by atoms with E-state index in [4.69, 9.17) is 8.83 Å². The second kappa shape index (κ2) is 6.88. The third-order valence-corrected chi connectivity index (χ3v) is 5.61. The molecule has 0 fully saturated rings. The quantitative estimate of drug-likeness (QED) is 0.460. The van der Waals surface area contributed by atoms with E-state index in [0.717, 1.165) is 21.3 Å². The average Bonchev–Trinajstić information content (AvgIpc) is 3.34. The van der Waals surface area contributed by atoms with E-state index in [1.807, 2.05) is 29.8 Å². The van der Waals surface area contributed by atoms with Crippen LogP contribution in [0.1, 0.15) is 22.3 Å².